The lowest BCUT2D eigenvalue weighted by Crippen LogP contribution is -2.35. The Bertz CT molecular complexity index is 276. The molecule has 2 amide bonds. The molecule has 1 aromatic heterocycles. The van der Waals surface area contributed by atoms with Gasteiger partial charge in [-0.05, 0) is 0 Å². The van der Waals surface area contributed by atoms with Gasteiger partial charge in [-0.3, -0.25) is 9.97 Å². The highest BCUT2D eigenvalue weighted by molar-refractivity contribution is 5.71. The summed E-state index contributed by atoms with van der Waals surface area (Å²) in [6.07, 6.45) is 4.95. The maximum atomic E-state index is 10.3. The highest BCUT2D eigenvalue weighted by Gasteiger charge is 1.93. The standard InChI is InChI=1S/C8H13N5O/c9-8(14)13-4-2-11-6-7-5-10-1-3-12-7/h1,3,5,11H,2,4,6H2,(H3,9,13,14). The molecule has 1 aromatic rings. The predicted octanol–water partition coefficient (Wildman–Crippen LogP) is -0.766. The average molecular weight is 195 g/mol. The summed E-state index contributed by atoms with van der Waals surface area (Å²) in [5.41, 5.74) is 5.75. The zero-order valence-corrected chi connectivity index (χ0v) is 7.73. The van der Waals surface area contributed by atoms with Gasteiger partial charge < -0.3 is 16.4 Å². The molecule has 0 spiro atoms. The summed E-state index contributed by atoms with van der Waals surface area (Å²) in [5.74, 6) is 0. The van der Waals surface area contributed by atoms with E-state index in [1.54, 1.807) is 18.6 Å². The number of carbonyl (C=O) groups excluding carboxylic acids is 1. The van der Waals surface area contributed by atoms with Crippen LogP contribution in [0.2, 0.25) is 0 Å². The molecular formula is C8H13N5O. The Labute approximate surface area is 81.9 Å². The molecule has 0 fully saturated rings. The van der Waals surface area contributed by atoms with Crippen LogP contribution in [0.15, 0.2) is 18.6 Å². The van der Waals surface area contributed by atoms with E-state index in [1.165, 1.54) is 0 Å². The molecule has 6 nitrogen and oxygen atoms in total. The van der Waals surface area contributed by atoms with Gasteiger partial charge in [-0.15, -0.1) is 0 Å². The van der Waals surface area contributed by atoms with Crippen LogP contribution >= 0.6 is 0 Å². The van der Waals surface area contributed by atoms with Crippen LogP contribution in [0.1, 0.15) is 5.69 Å². The first-order chi connectivity index (χ1) is 6.79. The minimum Gasteiger partial charge on any atom is -0.352 e. The molecular weight excluding hydrogens is 182 g/mol. The van der Waals surface area contributed by atoms with E-state index in [1.807, 2.05) is 0 Å². The maximum Gasteiger partial charge on any atom is 0.312 e. The lowest BCUT2D eigenvalue weighted by atomic mass is 10.4. The fraction of sp³-hybridized carbons (Fsp3) is 0.375. The summed E-state index contributed by atoms with van der Waals surface area (Å²) >= 11 is 0. The average Bonchev–Trinajstić information content (AvgIpc) is 2.18. The van der Waals surface area contributed by atoms with Gasteiger partial charge in [-0.25, -0.2) is 4.79 Å². The zero-order chi connectivity index (χ0) is 10.2. The van der Waals surface area contributed by atoms with Crippen molar-refractivity contribution in [1.82, 2.24) is 20.6 Å². The van der Waals surface area contributed by atoms with Crippen molar-refractivity contribution in [3.8, 4) is 0 Å². The molecule has 0 aliphatic heterocycles. The van der Waals surface area contributed by atoms with Crippen molar-refractivity contribution in [3.63, 3.8) is 0 Å². The molecule has 0 saturated carbocycles. The third-order valence-corrected chi connectivity index (χ3v) is 1.52. The van der Waals surface area contributed by atoms with Crippen molar-refractivity contribution < 1.29 is 4.79 Å². The fourth-order valence-corrected chi connectivity index (χ4v) is 0.912. The van der Waals surface area contributed by atoms with Crippen LogP contribution in [0, 0.1) is 0 Å². The summed E-state index contributed by atoms with van der Waals surface area (Å²) < 4.78 is 0. The normalized spacial score (nSPS) is 9.71. The molecule has 4 N–H and O–H groups in total. The van der Waals surface area contributed by atoms with Crippen LogP contribution < -0.4 is 16.4 Å². The second-order valence-electron chi connectivity index (χ2n) is 2.66. The van der Waals surface area contributed by atoms with E-state index in [4.69, 9.17) is 5.73 Å². The first-order valence-electron chi connectivity index (χ1n) is 4.28. The molecule has 14 heavy (non-hydrogen) atoms. The summed E-state index contributed by atoms with van der Waals surface area (Å²) in [6.45, 7) is 1.80. The van der Waals surface area contributed by atoms with Crippen molar-refractivity contribution >= 4 is 6.03 Å². The highest BCUT2D eigenvalue weighted by atomic mass is 16.2. The Morgan fingerprint density at radius 1 is 1.43 bits per heavy atom. The van der Waals surface area contributed by atoms with Crippen LogP contribution in [-0.4, -0.2) is 29.1 Å². The summed E-state index contributed by atoms with van der Waals surface area (Å²) in [7, 11) is 0. The second kappa shape index (κ2) is 5.87. The fourth-order valence-electron chi connectivity index (χ4n) is 0.912. The van der Waals surface area contributed by atoms with E-state index in [0.717, 1.165) is 5.69 Å². The molecule has 0 aliphatic carbocycles. The number of amides is 2. The number of urea groups is 1. The first kappa shape index (κ1) is 10.4. The van der Waals surface area contributed by atoms with Crippen molar-refractivity contribution in [2.75, 3.05) is 13.1 Å². The van der Waals surface area contributed by atoms with Crippen LogP contribution in [-0.2, 0) is 6.54 Å². The number of hydrogen-bond donors (Lipinski definition) is 3. The number of aromatic nitrogens is 2. The van der Waals surface area contributed by atoms with Gasteiger partial charge in [-0.1, -0.05) is 0 Å². The molecule has 76 valence electrons. The van der Waals surface area contributed by atoms with Crippen LogP contribution in [0.25, 0.3) is 0 Å². The number of hydrogen-bond acceptors (Lipinski definition) is 4. The molecule has 6 heteroatoms. The topological polar surface area (TPSA) is 92.9 Å². The van der Waals surface area contributed by atoms with Crippen LogP contribution in [0.3, 0.4) is 0 Å². The van der Waals surface area contributed by atoms with Gasteiger partial charge in [0.2, 0.25) is 0 Å². The van der Waals surface area contributed by atoms with E-state index in [9.17, 15) is 4.79 Å². The Balaban J connectivity index is 2.08. The van der Waals surface area contributed by atoms with Crippen LogP contribution in [0.5, 0.6) is 0 Å². The molecule has 0 radical (unpaired) electrons. The third kappa shape index (κ3) is 4.36. The molecule has 0 atom stereocenters. The summed E-state index contributed by atoms with van der Waals surface area (Å²) in [6, 6.07) is -0.508. The number of nitrogens with two attached hydrogens (primary N) is 1. The van der Waals surface area contributed by atoms with Crippen LogP contribution in [0.4, 0.5) is 4.79 Å². The Morgan fingerprint density at radius 3 is 2.93 bits per heavy atom. The number of rotatable bonds is 5. The largest absolute Gasteiger partial charge is 0.352 e. The van der Waals surface area contributed by atoms with Crippen molar-refractivity contribution in [3.05, 3.63) is 24.3 Å². The monoisotopic (exact) mass is 195 g/mol. The Kier molecular flexibility index (Phi) is 4.36. The van der Waals surface area contributed by atoms with Gasteiger partial charge in [0.05, 0.1) is 5.69 Å². The van der Waals surface area contributed by atoms with E-state index < -0.39 is 6.03 Å². The minimum atomic E-state index is -0.508. The predicted molar refractivity (Wildman–Crippen MR) is 51.3 cm³/mol. The van der Waals surface area contributed by atoms with Gasteiger partial charge in [0.1, 0.15) is 0 Å². The summed E-state index contributed by atoms with van der Waals surface area (Å²) in [5, 5.41) is 5.56. The third-order valence-electron chi connectivity index (χ3n) is 1.52. The molecule has 1 rings (SSSR count). The van der Waals surface area contributed by atoms with Crippen molar-refractivity contribution in [2.24, 2.45) is 5.73 Å². The Morgan fingerprint density at radius 2 is 2.29 bits per heavy atom. The number of primary amides is 1. The van der Waals surface area contributed by atoms with Gasteiger partial charge in [-0.2, -0.15) is 0 Å². The second-order valence-corrected chi connectivity index (χ2v) is 2.66. The molecule has 0 bridgehead atoms. The zero-order valence-electron chi connectivity index (χ0n) is 7.73. The van der Waals surface area contributed by atoms with Gasteiger partial charge in [0.25, 0.3) is 0 Å². The lowest BCUT2D eigenvalue weighted by molar-refractivity contribution is 0.249. The SMILES string of the molecule is NC(=O)NCCNCc1cnccn1. The van der Waals surface area contributed by atoms with Gasteiger partial charge in [0, 0.05) is 38.2 Å². The molecule has 1 heterocycles. The van der Waals surface area contributed by atoms with Crippen molar-refractivity contribution in [1.29, 1.82) is 0 Å². The molecule has 0 aromatic carbocycles. The molecule has 0 aliphatic rings. The highest BCUT2D eigenvalue weighted by Crippen LogP contribution is 1.87. The lowest BCUT2D eigenvalue weighted by Gasteiger charge is -2.03. The maximum absolute atomic E-state index is 10.3. The van der Waals surface area contributed by atoms with E-state index in [0.29, 0.717) is 19.6 Å². The number of nitrogens with one attached hydrogen (secondary N) is 2. The Hall–Kier alpha value is -1.69. The van der Waals surface area contributed by atoms with E-state index in [-0.39, 0.29) is 0 Å². The quantitative estimate of drug-likeness (QED) is 0.538. The van der Waals surface area contributed by atoms with Gasteiger partial charge in [0.15, 0.2) is 0 Å². The first-order valence-corrected chi connectivity index (χ1v) is 4.28. The smallest absolute Gasteiger partial charge is 0.312 e. The van der Waals surface area contributed by atoms with E-state index >= 15 is 0 Å². The number of carbonyl (C=O) groups is 1. The van der Waals surface area contributed by atoms with Gasteiger partial charge >= 0.3 is 6.03 Å². The van der Waals surface area contributed by atoms with Crippen molar-refractivity contribution in [2.45, 2.75) is 6.54 Å². The minimum absolute atomic E-state index is 0.508. The number of nitrogens with zero attached hydrogens (tertiary/aromatic N) is 2. The molecule has 0 unspecified atom stereocenters. The summed E-state index contributed by atoms with van der Waals surface area (Å²) in [4.78, 5) is 18.3. The molecule has 0 saturated heterocycles. The van der Waals surface area contributed by atoms with E-state index in [2.05, 4.69) is 20.6 Å².